The molecule has 1 unspecified atom stereocenters. The summed E-state index contributed by atoms with van der Waals surface area (Å²) in [7, 11) is -3.99. The van der Waals surface area contributed by atoms with E-state index in [2.05, 4.69) is 20.7 Å². The first kappa shape index (κ1) is 18.5. The number of carbonyl (C=O) groups is 1. The molecule has 1 N–H and O–H groups in total. The number of benzene rings is 2. The fourth-order valence-electron chi connectivity index (χ4n) is 3.82. The van der Waals surface area contributed by atoms with Gasteiger partial charge in [0.15, 0.2) is 0 Å². The van der Waals surface area contributed by atoms with Crippen LogP contribution in [0, 0.1) is 0 Å². The number of nitrogens with one attached hydrogen (secondary N) is 1. The van der Waals surface area contributed by atoms with E-state index in [0.29, 0.717) is 11.3 Å². The average molecular weight is 451 g/mol. The molecule has 2 aliphatic heterocycles. The molecular weight excluding hydrogens is 432 g/mol. The van der Waals surface area contributed by atoms with Gasteiger partial charge in [0.05, 0.1) is 6.54 Å². The topological polar surface area (TPSA) is 75.7 Å². The second-order valence-electron chi connectivity index (χ2n) is 7.49. The second-order valence-corrected chi connectivity index (χ2v) is 10.00. The predicted octanol–water partition coefficient (Wildman–Crippen LogP) is 3.08. The fourth-order valence-corrected chi connectivity index (χ4v) is 5.70. The average Bonchev–Trinajstić information content (AvgIpc) is 2.76. The Bertz CT molecular complexity index is 1020. The lowest BCUT2D eigenvalue weighted by molar-refractivity contribution is -0.134. The van der Waals surface area contributed by atoms with E-state index >= 15 is 0 Å². The standard InChI is InChI=1S/C19H19BrN2O4S/c1-18(2)12-19(15-10-14(20)8-9-16(15)26-18)17(23)22(27(24,25)21-19)11-13-6-4-3-5-7-13/h3-10,21H,11-12H2,1-2H3. The number of rotatable bonds is 2. The molecule has 1 saturated heterocycles. The van der Waals surface area contributed by atoms with Crippen LogP contribution in [0.1, 0.15) is 31.4 Å². The summed E-state index contributed by atoms with van der Waals surface area (Å²) in [5, 5.41) is 0. The minimum absolute atomic E-state index is 0.0125. The van der Waals surface area contributed by atoms with E-state index in [9.17, 15) is 13.2 Å². The highest BCUT2D eigenvalue weighted by atomic mass is 79.9. The van der Waals surface area contributed by atoms with Crippen LogP contribution in [0.3, 0.4) is 0 Å². The molecule has 2 aromatic carbocycles. The van der Waals surface area contributed by atoms with E-state index in [0.717, 1.165) is 14.3 Å². The Labute approximate surface area is 166 Å². The van der Waals surface area contributed by atoms with Gasteiger partial charge in [-0.15, -0.1) is 0 Å². The first-order chi connectivity index (χ1) is 12.6. The summed E-state index contributed by atoms with van der Waals surface area (Å²) < 4.78 is 36.1. The van der Waals surface area contributed by atoms with Crippen LogP contribution in [0.15, 0.2) is 53.0 Å². The number of amides is 1. The largest absolute Gasteiger partial charge is 0.487 e. The zero-order valence-corrected chi connectivity index (χ0v) is 17.3. The van der Waals surface area contributed by atoms with Crippen molar-refractivity contribution >= 4 is 32.0 Å². The lowest BCUT2D eigenvalue weighted by atomic mass is 9.77. The maximum absolute atomic E-state index is 13.5. The van der Waals surface area contributed by atoms with E-state index in [1.807, 2.05) is 38.1 Å². The second kappa shape index (κ2) is 6.05. The van der Waals surface area contributed by atoms with Gasteiger partial charge in [-0.3, -0.25) is 4.79 Å². The third kappa shape index (κ3) is 3.05. The third-order valence-corrected chi connectivity index (χ3v) is 6.81. The van der Waals surface area contributed by atoms with Crippen LogP contribution in [0.5, 0.6) is 5.75 Å². The van der Waals surface area contributed by atoms with Gasteiger partial charge in [0, 0.05) is 16.5 Å². The molecule has 6 nitrogen and oxygen atoms in total. The summed E-state index contributed by atoms with van der Waals surface area (Å²) in [6.07, 6.45) is 0.201. The van der Waals surface area contributed by atoms with Crippen LogP contribution in [0.4, 0.5) is 0 Å². The van der Waals surface area contributed by atoms with Gasteiger partial charge in [0.2, 0.25) is 0 Å². The normalized spacial score (nSPS) is 25.3. The lowest BCUT2D eigenvalue weighted by Gasteiger charge is -2.42. The van der Waals surface area contributed by atoms with Crippen LogP contribution in [0.25, 0.3) is 0 Å². The fraction of sp³-hybridized carbons (Fsp3) is 0.316. The maximum atomic E-state index is 13.5. The molecule has 2 aromatic rings. The number of hydrogen-bond acceptors (Lipinski definition) is 4. The van der Waals surface area contributed by atoms with Crippen molar-refractivity contribution in [2.75, 3.05) is 0 Å². The van der Waals surface area contributed by atoms with Gasteiger partial charge in [0.1, 0.15) is 16.9 Å². The molecule has 1 spiro atoms. The van der Waals surface area contributed by atoms with E-state index < -0.39 is 27.3 Å². The number of hydrogen-bond donors (Lipinski definition) is 1. The summed E-state index contributed by atoms with van der Waals surface area (Å²) in [4.78, 5) is 13.5. The Kier molecular flexibility index (Phi) is 4.14. The monoisotopic (exact) mass is 450 g/mol. The Morgan fingerprint density at radius 3 is 2.59 bits per heavy atom. The molecule has 142 valence electrons. The summed E-state index contributed by atoms with van der Waals surface area (Å²) in [5.74, 6) is 0.0224. The highest BCUT2D eigenvalue weighted by molar-refractivity contribution is 9.10. The van der Waals surface area contributed by atoms with Gasteiger partial charge in [-0.25, -0.2) is 4.31 Å². The Balaban J connectivity index is 1.84. The highest BCUT2D eigenvalue weighted by Gasteiger charge is 2.60. The zero-order chi connectivity index (χ0) is 19.4. The first-order valence-electron chi connectivity index (χ1n) is 8.52. The Morgan fingerprint density at radius 1 is 1.19 bits per heavy atom. The smallest absolute Gasteiger partial charge is 0.305 e. The molecule has 27 heavy (non-hydrogen) atoms. The number of ether oxygens (including phenoxy) is 1. The number of carbonyl (C=O) groups excluding carboxylic acids is 1. The molecule has 1 amide bonds. The molecular formula is C19H19BrN2O4S. The van der Waals surface area contributed by atoms with E-state index in [1.54, 1.807) is 24.3 Å². The van der Waals surface area contributed by atoms with Gasteiger partial charge >= 0.3 is 10.2 Å². The number of halogens is 1. The van der Waals surface area contributed by atoms with Gasteiger partial charge in [-0.05, 0) is 37.6 Å². The summed E-state index contributed by atoms with van der Waals surface area (Å²) in [5.41, 5.74) is -0.814. The van der Waals surface area contributed by atoms with Crippen molar-refractivity contribution in [1.82, 2.24) is 9.03 Å². The van der Waals surface area contributed by atoms with E-state index in [-0.39, 0.29) is 13.0 Å². The highest BCUT2D eigenvalue weighted by Crippen LogP contribution is 2.48. The summed E-state index contributed by atoms with van der Waals surface area (Å²) in [6.45, 7) is 3.68. The minimum Gasteiger partial charge on any atom is -0.487 e. The molecule has 0 bridgehead atoms. The van der Waals surface area contributed by atoms with Crippen molar-refractivity contribution in [3.63, 3.8) is 0 Å². The Hall–Kier alpha value is -1.90. The van der Waals surface area contributed by atoms with E-state index in [1.165, 1.54) is 0 Å². The number of nitrogens with zero attached hydrogens (tertiary/aromatic N) is 1. The van der Waals surface area contributed by atoms with Crippen molar-refractivity contribution in [3.8, 4) is 5.75 Å². The van der Waals surface area contributed by atoms with Crippen molar-refractivity contribution in [1.29, 1.82) is 0 Å². The van der Waals surface area contributed by atoms with Gasteiger partial charge in [-0.2, -0.15) is 13.1 Å². The first-order valence-corrected chi connectivity index (χ1v) is 10.8. The minimum atomic E-state index is -3.99. The Morgan fingerprint density at radius 2 is 1.89 bits per heavy atom. The van der Waals surface area contributed by atoms with Gasteiger partial charge in [0.25, 0.3) is 5.91 Å². The van der Waals surface area contributed by atoms with Crippen molar-refractivity contribution in [2.24, 2.45) is 0 Å². The molecule has 1 atom stereocenters. The maximum Gasteiger partial charge on any atom is 0.305 e. The van der Waals surface area contributed by atoms with Crippen LogP contribution in [-0.2, 0) is 27.1 Å². The van der Waals surface area contributed by atoms with Crippen molar-refractivity contribution in [2.45, 2.75) is 38.0 Å². The quantitative estimate of drug-likeness (QED) is 0.762. The van der Waals surface area contributed by atoms with Crippen LogP contribution < -0.4 is 9.46 Å². The molecule has 0 radical (unpaired) electrons. The summed E-state index contributed by atoms with van der Waals surface area (Å²) >= 11 is 3.41. The molecule has 4 rings (SSSR count). The molecule has 1 fully saturated rings. The molecule has 0 saturated carbocycles. The summed E-state index contributed by atoms with van der Waals surface area (Å²) in [6, 6.07) is 14.4. The van der Waals surface area contributed by atoms with Crippen LogP contribution >= 0.6 is 15.9 Å². The SMILES string of the molecule is CC1(C)CC2(NS(=O)(=O)N(Cc3ccccc3)C2=O)c2cc(Br)ccc2O1. The van der Waals surface area contributed by atoms with Crippen LogP contribution in [0.2, 0.25) is 0 Å². The van der Waals surface area contributed by atoms with Crippen molar-refractivity contribution < 1.29 is 17.9 Å². The molecule has 8 heteroatoms. The molecule has 0 aromatic heterocycles. The van der Waals surface area contributed by atoms with E-state index in [4.69, 9.17) is 4.74 Å². The van der Waals surface area contributed by atoms with Gasteiger partial charge in [-0.1, -0.05) is 46.3 Å². The third-order valence-electron chi connectivity index (χ3n) is 4.83. The van der Waals surface area contributed by atoms with Crippen molar-refractivity contribution in [3.05, 3.63) is 64.1 Å². The number of fused-ring (bicyclic) bond motifs is 2. The molecule has 2 aliphatic rings. The predicted molar refractivity (Wildman–Crippen MR) is 104 cm³/mol. The lowest BCUT2D eigenvalue weighted by Crippen LogP contribution is -2.53. The van der Waals surface area contributed by atoms with Crippen LogP contribution in [-0.4, -0.2) is 24.2 Å². The molecule has 0 aliphatic carbocycles. The zero-order valence-electron chi connectivity index (χ0n) is 14.9. The molecule has 2 heterocycles. The van der Waals surface area contributed by atoms with Gasteiger partial charge < -0.3 is 4.74 Å².